The van der Waals surface area contributed by atoms with Crippen LogP contribution in [0.1, 0.15) is 10.4 Å². The second-order valence-corrected chi connectivity index (χ2v) is 6.59. The standard InChI is InChI=1S/C23H15N3O3/c27-23(28)18-6-3-5-17(12-18)22-24-14-26(25-22)19-10-8-15(9-11-19)21-13-16-4-1-2-7-20(16)29-21/h1-14H,(H,27,28). The normalized spacial score (nSPS) is 11.0. The lowest BCUT2D eigenvalue weighted by Gasteiger charge is -2.02. The Bertz CT molecular complexity index is 1300. The van der Waals surface area contributed by atoms with Gasteiger partial charge in [-0.25, -0.2) is 14.5 Å². The van der Waals surface area contributed by atoms with Crippen molar-refractivity contribution in [2.45, 2.75) is 0 Å². The molecule has 5 aromatic rings. The summed E-state index contributed by atoms with van der Waals surface area (Å²) in [5, 5.41) is 14.7. The summed E-state index contributed by atoms with van der Waals surface area (Å²) in [6.45, 7) is 0. The lowest BCUT2D eigenvalue weighted by molar-refractivity contribution is 0.0697. The summed E-state index contributed by atoms with van der Waals surface area (Å²) in [5.41, 5.74) is 3.53. The highest BCUT2D eigenvalue weighted by atomic mass is 16.4. The third-order valence-electron chi connectivity index (χ3n) is 4.70. The highest BCUT2D eigenvalue weighted by molar-refractivity contribution is 5.89. The van der Waals surface area contributed by atoms with Gasteiger partial charge in [-0.3, -0.25) is 0 Å². The lowest BCUT2D eigenvalue weighted by atomic mass is 10.1. The Labute approximate surface area is 165 Å². The van der Waals surface area contributed by atoms with Crippen LogP contribution >= 0.6 is 0 Å². The van der Waals surface area contributed by atoms with Crippen molar-refractivity contribution in [2.75, 3.05) is 0 Å². The molecule has 5 rings (SSSR count). The van der Waals surface area contributed by atoms with E-state index in [2.05, 4.69) is 10.1 Å². The van der Waals surface area contributed by atoms with Crippen molar-refractivity contribution in [3.05, 3.63) is 90.8 Å². The van der Waals surface area contributed by atoms with Gasteiger partial charge < -0.3 is 9.52 Å². The largest absolute Gasteiger partial charge is 0.478 e. The van der Waals surface area contributed by atoms with Gasteiger partial charge in [-0.15, -0.1) is 5.10 Å². The maximum atomic E-state index is 11.2. The fraction of sp³-hybridized carbons (Fsp3) is 0. The van der Waals surface area contributed by atoms with Gasteiger partial charge in [-0.2, -0.15) is 0 Å². The molecule has 0 unspecified atom stereocenters. The first-order chi connectivity index (χ1) is 14.2. The zero-order chi connectivity index (χ0) is 19.8. The van der Waals surface area contributed by atoms with E-state index in [-0.39, 0.29) is 5.56 Å². The van der Waals surface area contributed by atoms with E-state index in [0.29, 0.717) is 11.4 Å². The molecule has 0 aliphatic carbocycles. The first-order valence-electron chi connectivity index (χ1n) is 9.02. The molecule has 140 valence electrons. The van der Waals surface area contributed by atoms with Crippen molar-refractivity contribution in [3.63, 3.8) is 0 Å². The van der Waals surface area contributed by atoms with Crippen molar-refractivity contribution in [3.8, 4) is 28.4 Å². The van der Waals surface area contributed by atoms with Crippen LogP contribution in [0.5, 0.6) is 0 Å². The van der Waals surface area contributed by atoms with Gasteiger partial charge >= 0.3 is 5.97 Å². The number of fused-ring (bicyclic) bond motifs is 1. The van der Waals surface area contributed by atoms with Crippen molar-refractivity contribution < 1.29 is 14.3 Å². The molecule has 6 nitrogen and oxygen atoms in total. The van der Waals surface area contributed by atoms with Gasteiger partial charge in [0.05, 0.1) is 11.3 Å². The van der Waals surface area contributed by atoms with Crippen LogP contribution in [-0.2, 0) is 0 Å². The van der Waals surface area contributed by atoms with E-state index < -0.39 is 5.97 Å². The lowest BCUT2D eigenvalue weighted by Crippen LogP contribution is -1.97. The van der Waals surface area contributed by atoms with Crippen LogP contribution < -0.4 is 0 Å². The zero-order valence-electron chi connectivity index (χ0n) is 15.2. The average molecular weight is 381 g/mol. The van der Waals surface area contributed by atoms with Gasteiger partial charge in [0.2, 0.25) is 0 Å². The molecule has 0 aliphatic heterocycles. The number of furan rings is 1. The summed E-state index contributed by atoms with van der Waals surface area (Å²) in [7, 11) is 0. The fourth-order valence-electron chi connectivity index (χ4n) is 3.21. The highest BCUT2D eigenvalue weighted by Gasteiger charge is 2.10. The molecule has 0 amide bonds. The molecule has 2 heterocycles. The quantitative estimate of drug-likeness (QED) is 0.471. The number of hydrogen-bond acceptors (Lipinski definition) is 4. The first kappa shape index (κ1) is 16.9. The third kappa shape index (κ3) is 3.17. The second-order valence-electron chi connectivity index (χ2n) is 6.59. The Morgan fingerprint density at radius 3 is 2.52 bits per heavy atom. The summed E-state index contributed by atoms with van der Waals surface area (Å²) < 4.78 is 7.57. The Morgan fingerprint density at radius 2 is 1.72 bits per heavy atom. The molecule has 1 N–H and O–H groups in total. The molecule has 0 radical (unpaired) electrons. The smallest absolute Gasteiger partial charge is 0.335 e. The monoisotopic (exact) mass is 381 g/mol. The summed E-state index contributed by atoms with van der Waals surface area (Å²) in [5.74, 6) is 0.296. The van der Waals surface area contributed by atoms with Gasteiger partial charge in [0.1, 0.15) is 17.7 Å². The maximum Gasteiger partial charge on any atom is 0.335 e. The van der Waals surface area contributed by atoms with Crippen LogP contribution in [0.15, 0.2) is 89.6 Å². The summed E-state index contributed by atoms with van der Waals surface area (Å²) in [6.07, 6.45) is 1.61. The Hall–Kier alpha value is -4.19. The third-order valence-corrected chi connectivity index (χ3v) is 4.70. The van der Waals surface area contributed by atoms with E-state index in [1.807, 2.05) is 54.6 Å². The number of nitrogens with zero attached hydrogens (tertiary/aromatic N) is 3. The van der Waals surface area contributed by atoms with E-state index >= 15 is 0 Å². The number of para-hydroxylation sites is 1. The van der Waals surface area contributed by atoms with Crippen LogP contribution in [-0.4, -0.2) is 25.8 Å². The topological polar surface area (TPSA) is 81.1 Å². The predicted octanol–water partition coefficient (Wildman–Crippen LogP) is 5.05. The van der Waals surface area contributed by atoms with Gasteiger partial charge in [0.25, 0.3) is 0 Å². The summed E-state index contributed by atoms with van der Waals surface area (Å²) >= 11 is 0. The molecule has 0 fully saturated rings. The van der Waals surface area contributed by atoms with Gasteiger partial charge in [-0.1, -0.05) is 30.3 Å². The number of carboxylic acid groups (broad SMARTS) is 1. The van der Waals surface area contributed by atoms with E-state index in [9.17, 15) is 4.79 Å². The Balaban J connectivity index is 1.43. The van der Waals surface area contributed by atoms with E-state index in [0.717, 1.165) is 28.0 Å². The molecule has 0 bridgehead atoms. The molecule has 0 atom stereocenters. The number of aromatic nitrogens is 3. The molecule has 3 aromatic carbocycles. The molecule has 0 aliphatic rings. The molecule has 0 saturated carbocycles. The van der Waals surface area contributed by atoms with Gasteiger partial charge in [0.15, 0.2) is 5.82 Å². The van der Waals surface area contributed by atoms with Crippen molar-refractivity contribution >= 4 is 16.9 Å². The fourth-order valence-corrected chi connectivity index (χ4v) is 3.21. The maximum absolute atomic E-state index is 11.2. The molecular formula is C23H15N3O3. The average Bonchev–Trinajstić information content (AvgIpc) is 3.41. The van der Waals surface area contributed by atoms with Crippen LogP contribution in [0.2, 0.25) is 0 Å². The molecule has 0 spiro atoms. The SMILES string of the molecule is O=C(O)c1cccc(-c2ncn(-c3ccc(-c4cc5ccccc5o4)cc3)n2)c1. The number of hydrogen-bond donors (Lipinski definition) is 1. The van der Waals surface area contributed by atoms with Crippen molar-refractivity contribution in [1.82, 2.24) is 14.8 Å². The highest BCUT2D eigenvalue weighted by Crippen LogP contribution is 2.28. The number of aromatic carboxylic acids is 1. The van der Waals surface area contributed by atoms with Gasteiger partial charge in [0, 0.05) is 16.5 Å². The van der Waals surface area contributed by atoms with Crippen LogP contribution in [0.25, 0.3) is 39.4 Å². The predicted molar refractivity (Wildman–Crippen MR) is 109 cm³/mol. The van der Waals surface area contributed by atoms with Gasteiger partial charge in [-0.05, 0) is 48.5 Å². The molecular weight excluding hydrogens is 366 g/mol. The Morgan fingerprint density at radius 1 is 0.897 bits per heavy atom. The molecule has 2 aromatic heterocycles. The second kappa shape index (κ2) is 6.76. The number of benzene rings is 3. The van der Waals surface area contributed by atoms with Crippen LogP contribution in [0.3, 0.4) is 0 Å². The molecule has 29 heavy (non-hydrogen) atoms. The molecule has 0 saturated heterocycles. The first-order valence-corrected chi connectivity index (χ1v) is 9.02. The molecule has 6 heteroatoms. The number of rotatable bonds is 4. The van der Waals surface area contributed by atoms with Crippen molar-refractivity contribution in [2.24, 2.45) is 0 Å². The van der Waals surface area contributed by atoms with E-state index in [1.165, 1.54) is 0 Å². The summed E-state index contributed by atoms with van der Waals surface area (Å²) in [4.78, 5) is 15.5. The minimum Gasteiger partial charge on any atom is -0.478 e. The van der Waals surface area contributed by atoms with Crippen LogP contribution in [0, 0.1) is 0 Å². The van der Waals surface area contributed by atoms with Crippen LogP contribution in [0.4, 0.5) is 0 Å². The van der Waals surface area contributed by atoms with E-state index in [4.69, 9.17) is 9.52 Å². The minimum absolute atomic E-state index is 0.203. The van der Waals surface area contributed by atoms with Crippen molar-refractivity contribution in [1.29, 1.82) is 0 Å². The van der Waals surface area contributed by atoms with E-state index in [1.54, 1.807) is 35.3 Å². The number of carbonyl (C=O) groups is 1. The Kier molecular flexibility index (Phi) is 3.95. The zero-order valence-corrected chi connectivity index (χ0v) is 15.2. The minimum atomic E-state index is -0.979. The number of carboxylic acids is 1. The summed E-state index contributed by atoms with van der Waals surface area (Å²) in [6, 6.07) is 24.3.